The smallest absolute Gasteiger partial charge is 0.161 e. The van der Waals surface area contributed by atoms with Crippen molar-refractivity contribution in [2.24, 2.45) is 18.0 Å². The third-order valence-corrected chi connectivity index (χ3v) is 3.54. The summed E-state index contributed by atoms with van der Waals surface area (Å²) in [5.74, 6) is 0.741. The van der Waals surface area contributed by atoms with Crippen LogP contribution in [0.2, 0.25) is 0 Å². The van der Waals surface area contributed by atoms with Gasteiger partial charge < -0.3 is 5.32 Å². The average molecular weight is 238 g/mol. The number of rotatable bonds is 3. The Kier molecular flexibility index (Phi) is 3.53. The summed E-state index contributed by atoms with van der Waals surface area (Å²) in [6, 6.07) is 0. The molecule has 0 fully saturated rings. The number of aliphatic imine (C=N–C) groups is 1. The summed E-state index contributed by atoms with van der Waals surface area (Å²) in [6.45, 7) is 5.45. The highest BCUT2D eigenvalue weighted by atomic mass is 32.2. The lowest BCUT2D eigenvalue weighted by Gasteiger charge is -2.10. The van der Waals surface area contributed by atoms with Gasteiger partial charge in [-0.3, -0.25) is 9.67 Å². The average Bonchev–Trinajstić information content (AvgIpc) is 2.76. The van der Waals surface area contributed by atoms with Crippen molar-refractivity contribution in [3.8, 4) is 0 Å². The Bertz CT molecular complexity index is 383. The summed E-state index contributed by atoms with van der Waals surface area (Å²) < 4.78 is 1.79. The zero-order valence-corrected chi connectivity index (χ0v) is 10.8. The van der Waals surface area contributed by atoms with E-state index < -0.39 is 0 Å². The second-order valence-corrected chi connectivity index (χ2v) is 5.83. The molecule has 88 valence electrons. The largest absolute Gasteiger partial charge is 0.332 e. The minimum Gasteiger partial charge on any atom is -0.332 e. The molecule has 1 N–H and O–H groups in total. The van der Waals surface area contributed by atoms with Crippen LogP contribution in [0.4, 0.5) is 5.69 Å². The standard InChI is InChI=1S/C11H18N4S/c1-8(2)4-10-6-12-11(16-10)14-9-5-13-15(3)7-9/h5,7-8,10H,4,6H2,1-3H3,(H,12,14). The molecule has 0 radical (unpaired) electrons. The van der Waals surface area contributed by atoms with Crippen LogP contribution in [0.15, 0.2) is 17.4 Å². The van der Waals surface area contributed by atoms with E-state index in [1.165, 1.54) is 6.42 Å². The van der Waals surface area contributed by atoms with Crippen LogP contribution < -0.4 is 5.32 Å². The lowest BCUT2D eigenvalue weighted by molar-refractivity contribution is 0.575. The fourth-order valence-electron chi connectivity index (χ4n) is 1.74. The summed E-state index contributed by atoms with van der Waals surface area (Å²) >= 11 is 1.84. The van der Waals surface area contributed by atoms with Gasteiger partial charge in [0.25, 0.3) is 0 Å². The van der Waals surface area contributed by atoms with Crippen LogP contribution >= 0.6 is 11.8 Å². The normalized spacial score (nSPS) is 20.2. The van der Waals surface area contributed by atoms with Crippen molar-refractivity contribution < 1.29 is 0 Å². The van der Waals surface area contributed by atoms with Crippen molar-refractivity contribution in [2.75, 3.05) is 11.9 Å². The summed E-state index contributed by atoms with van der Waals surface area (Å²) in [5.41, 5.74) is 1.01. The van der Waals surface area contributed by atoms with Gasteiger partial charge in [-0.05, 0) is 12.3 Å². The molecule has 16 heavy (non-hydrogen) atoms. The van der Waals surface area contributed by atoms with Crippen LogP contribution in [-0.4, -0.2) is 26.7 Å². The first-order chi connectivity index (χ1) is 7.63. The first-order valence-electron chi connectivity index (χ1n) is 5.60. The number of nitrogens with zero attached hydrogens (tertiary/aromatic N) is 3. The maximum atomic E-state index is 4.51. The van der Waals surface area contributed by atoms with Gasteiger partial charge >= 0.3 is 0 Å². The Morgan fingerprint density at radius 3 is 3.06 bits per heavy atom. The molecule has 2 rings (SSSR count). The van der Waals surface area contributed by atoms with Crippen molar-refractivity contribution in [1.82, 2.24) is 9.78 Å². The summed E-state index contributed by atoms with van der Waals surface area (Å²) in [4.78, 5) is 4.51. The lowest BCUT2D eigenvalue weighted by Crippen LogP contribution is -2.09. The third-order valence-electron chi connectivity index (χ3n) is 2.41. The number of thioether (sulfide) groups is 1. The maximum Gasteiger partial charge on any atom is 0.161 e. The molecule has 0 spiro atoms. The highest BCUT2D eigenvalue weighted by molar-refractivity contribution is 8.15. The van der Waals surface area contributed by atoms with E-state index >= 15 is 0 Å². The van der Waals surface area contributed by atoms with Gasteiger partial charge in [0.15, 0.2) is 5.17 Å². The fourth-order valence-corrected chi connectivity index (χ4v) is 3.02. The van der Waals surface area contributed by atoms with Crippen molar-refractivity contribution in [3.05, 3.63) is 12.4 Å². The first kappa shape index (κ1) is 11.5. The summed E-state index contributed by atoms with van der Waals surface area (Å²) in [7, 11) is 1.91. The van der Waals surface area contributed by atoms with Crippen molar-refractivity contribution in [2.45, 2.75) is 25.5 Å². The zero-order valence-electron chi connectivity index (χ0n) is 9.97. The summed E-state index contributed by atoms with van der Waals surface area (Å²) in [5, 5.41) is 9.08. The highest BCUT2D eigenvalue weighted by Gasteiger charge is 2.20. The molecular weight excluding hydrogens is 220 g/mol. The van der Waals surface area contributed by atoms with Gasteiger partial charge in [0.05, 0.1) is 18.4 Å². The molecule has 0 saturated heterocycles. The Balaban J connectivity index is 1.85. The maximum absolute atomic E-state index is 4.51. The number of amidine groups is 1. The van der Waals surface area contributed by atoms with Gasteiger partial charge in [0, 0.05) is 18.5 Å². The van der Waals surface area contributed by atoms with Gasteiger partial charge in [0.1, 0.15) is 0 Å². The van der Waals surface area contributed by atoms with E-state index in [1.54, 1.807) is 4.68 Å². The van der Waals surface area contributed by atoms with E-state index in [0.29, 0.717) is 5.25 Å². The van der Waals surface area contributed by atoms with Crippen LogP contribution in [0.25, 0.3) is 0 Å². The van der Waals surface area contributed by atoms with E-state index in [9.17, 15) is 0 Å². The Labute approximate surface area is 101 Å². The van der Waals surface area contributed by atoms with E-state index in [-0.39, 0.29) is 0 Å². The molecule has 4 nitrogen and oxygen atoms in total. The molecule has 0 amide bonds. The monoisotopic (exact) mass is 238 g/mol. The van der Waals surface area contributed by atoms with Crippen molar-refractivity contribution in [1.29, 1.82) is 0 Å². The second-order valence-electron chi connectivity index (χ2n) is 4.54. The minimum absolute atomic E-state index is 0.638. The number of aryl methyl sites for hydroxylation is 1. The molecule has 0 bridgehead atoms. The van der Waals surface area contributed by atoms with Crippen LogP contribution in [0.3, 0.4) is 0 Å². The van der Waals surface area contributed by atoms with Gasteiger partial charge in [-0.2, -0.15) is 5.10 Å². The summed E-state index contributed by atoms with van der Waals surface area (Å²) in [6.07, 6.45) is 5.00. The molecule has 0 aliphatic carbocycles. The SMILES string of the molecule is CC(C)CC1CN=C(Nc2cnn(C)c2)S1. The molecule has 1 aromatic rings. The molecule has 1 aliphatic rings. The quantitative estimate of drug-likeness (QED) is 0.879. The Morgan fingerprint density at radius 1 is 1.62 bits per heavy atom. The van der Waals surface area contributed by atoms with Crippen LogP contribution in [0, 0.1) is 5.92 Å². The molecule has 1 unspecified atom stereocenters. The lowest BCUT2D eigenvalue weighted by atomic mass is 10.1. The molecule has 1 aromatic heterocycles. The van der Waals surface area contributed by atoms with Crippen molar-refractivity contribution in [3.63, 3.8) is 0 Å². The van der Waals surface area contributed by atoms with Crippen molar-refractivity contribution >= 4 is 22.6 Å². The molecule has 2 heterocycles. The van der Waals surface area contributed by atoms with E-state index in [0.717, 1.165) is 23.3 Å². The Hall–Kier alpha value is -0.970. The predicted molar refractivity (Wildman–Crippen MR) is 70.0 cm³/mol. The molecule has 0 saturated carbocycles. The molecule has 5 heteroatoms. The molecular formula is C11H18N4S. The van der Waals surface area contributed by atoms with Gasteiger partial charge in [0.2, 0.25) is 0 Å². The van der Waals surface area contributed by atoms with Gasteiger partial charge in [-0.1, -0.05) is 25.6 Å². The fraction of sp³-hybridized carbons (Fsp3) is 0.636. The topological polar surface area (TPSA) is 42.2 Å². The van der Waals surface area contributed by atoms with Crippen LogP contribution in [0.5, 0.6) is 0 Å². The highest BCUT2D eigenvalue weighted by Crippen LogP contribution is 2.27. The Morgan fingerprint density at radius 2 is 2.44 bits per heavy atom. The molecule has 0 aromatic carbocycles. The van der Waals surface area contributed by atoms with E-state index in [4.69, 9.17) is 0 Å². The van der Waals surface area contributed by atoms with Gasteiger partial charge in [-0.15, -0.1) is 0 Å². The number of hydrogen-bond donors (Lipinski definition) is 1. The first-order valence-corrected chi connectivity index (χ1v) is 6.48. The number of aromatic nitrogens is 2. The predicted octanol–water partition coefficient (Wildman–Crippen LogP) is 2.35. The minimum atomic E-state index is 0.638. The number of anilines is 1. The van der Waals surface area contributed by atoms with Crippen LogP contribution in [0.1, 0.15) is 20.3 Å². The third kappa shape index (κ3) is 3.01. The zero-order chi connectivity index (χ0) is 11.5. The number of nitrogens with one attached hydrogen (secondary N) is 1. The van der Waals surface area contributed by atoms with Gasteiger partial charge in [-0.25, -0.2) is 0 Å². The number of hydrogen-bond acceptors (Lipinski definition) is 4. The molecule has 1 atom stereocenters. The second kappa shape index (κ2) is 4.91. The van der Waals surface area contributed by atoms with E-state index in [2.05, 4.69) is 29.3 Å². The van der Waals surface area contributed by atoms with Crippen LogP contribution in [-0.2, 0) is 7.05 Å². The molecule has 1 aliphatic heterocycles. The van der Waals surface area contributed by atoms with E-state index in [1.807, 2.05) is 31.2 Å².